The van der Waals surface area contributed by atoms with Gasteiger partial charge in [-0.15, -0.1) is 5.10 Å². The predicted octanol–water partition coefficient (Wildman–Crippen LogP) is 3.73. The summed E-state index contributed by atoms with van der Waals surface area (Å²) in [6, 6.07) is 12.2. The number of benzene rings is 2. The fourth-order valence-corrected chi connectivity index (χ4v) is 3.04. The quantitative estimate of drug-likeness (QED) is 0.721. The van der Waals surface area contributed by atoms with E-state index >= 15 is 0 Å². The Bertz CT molecular complexity index is 896. The van der Waals surface area contributed by atoms with Gasteiger partial charge in [0.1, 0.15) is 0 Å². The van der Waals surface area contributed by atoms with Crippen LogP contribution in [-0.2, 0) is 10.5 Å². The summed E-state index contributed by atoms with van der Waals surface area (Å²) in [6.45, 7) is 6.82. The highest BCUT2D eigenvalue weighted by atomic mass is 16.5. The summed E-state index contributed by atoms with van der Waals surface area (Å²) in [5.41, 5.74) is 3.75. The molecule has 28 heavy (non-hydrogen) atoms. The van der Waals surface area contributed by atoms with E-state index in [4.69, 9.17) is 14.2 Å². The van der Waals surface area contributed by atoms with Crippen molar-refractivity contribution in [3.05, 3.63) is 59.2 Å². The van der Waals surface area contributed by atoms with Crippen LogP contribution in [0.2, 0.25) is 0 Å². The van der Waals surface area contributed by atoms with E-state index in [1.165, 1.54) is 0 Å². The van der Waals surface area contributed by atoms with Gasteiger partial charge in [0.2, 0.25) is 11.6 Å². The molecule has 148 valence electrons. The maximum atomic E-state index is 11.3. The van der Waals surface area contributed by atoms with E-state index < -0.39 is 11.7 Å². The third-order valence-corrected chi connectivity index (χ3v) is 4.47. The highest BCUT2D eigenvalue weighted by Gasteiger charge is 2.39. The lowest BCUT2D eigenvalue weighted by Gasteiger charge is -2.28. The van der Waals surface area contributed by atoms with Crippen LogP contribution in [-0.4, -0.2) is 30.2 Å². The number of nitrogens with one attached hydrogen (secondary N) is 1. The number of carboxylic acid groups (broad SMARTS) is 1. The van der Waals surface area contributed by atoms with Gasteiger partial charge in [0.15, 0.2) is 11.5 Å². The largest absolute Gasteiger partial charge is 0.490 e. The van der Waals surface area contributed by atoms with Gasteiger partial charge in [-0.3, -0.25) is 5.43 Å². The van der Waals surface area contributed by atoms with Crippen LogP contribution in [0.25, 0.3) is 0 Å². The summed E-state index contributed by atoms with van der Waals surface area (Å²) in [5, 5.41) is 13.6. The summed E-state index contributed by atoms with van der Waals surface area (Å²) in [4.78, 5) is 11.3. The fourth-order valence-electron chi connectivity index (χ4n) is 3.04. The van der Waals surface area contributed by atoms with Crippen LogP contribution >= 0.6 is 0 Å². The minimum absolute atomic E-state index is 0.198. The molecule has 3 rings (SSSR count). The van der Waals surface area contributed by atoms with Crippen molar-refractivity contribution >= 4 is 11.9 Å². The van der Waals surface area contributed by atoms with Gasteiger partial charge in [-0.05, 0) is 44.2 Å². The number of aromatic carboxylic acids is 1. The molecule has 2 N–H and O–H groups in total. The molecule has 0 aliphatic carbocycles. The molecule has 0 saturated carbocycles. The topological polar surface area (TPSA) is 89.4 Å². The number of hydrogen-bond acceptors (Lipinski definition) is 6. The minimum Gasteiger partial charge on any atom is -0.490 e. The van der Waals surface area contributed by atoms with Gasteiger partial charge in [-0.1, -0.05) is 19.1 Å². The Morgan fingerprint density at radius 3 is 2.54 bits per heavy atom. The van der Waals surface area contributed by atoms with Crippen molar-refractivity contribution in [1.82, 2.24) is 5.43 Å². The average Bonchev–Trinajstić information content (AvgIpc) is 3.16. The van der Waals surface area contributed by atoms with Gasteiger partial charge in [0.05, 0.1) is 18.8 Å². The zero-order valence-corrected chi connectivity index (χ0v) is 16.2. The van der Waals surface area contributed by atoms with E-state index in [2.05, 4.69) is 10.5 Å². The maximum Gasteiger partial charge on any atom is 0.335 e. The lowest BCUT2D eigenvalue weighted by atomic mass is 9.98. The molecule has 1 unspecified atom stereocenters. The third kappa shape index (κ3) is 3.74. The molecule has 0 fully saturated rings. The zero-order chi connectivity index (χ0) is 20.1. The van der Waals surface area contributed by atoms with Crippen molar-refractivity contribution in [2.24, 2.45) is 5.10 Å². The predicted molar refractivity (Wildman–Crippen MR) is 105 cm³/mol. The molecule has 7 heteroatoms. The van der Waals surface area contributed by atoms with E-state index in [9.17, 15) is 9.90 Å². The van der Waals surface area contributed by atoms with E-state index in [1.54, 1.807) is 18.2 Å². The molecule has 0 amide bonds. The first-order valence-electron chi connectivity index (χ1n) is 9.30. The first-order valence-corrected chi connectivity index (χ1v) is 9.30. The molecule has 0 spiro atoms. The van der Waals surface area contributed by atoms with Crippen LogP contribution < -0.4 is 14.9 Å². The number of hydrogen-bond donors (Lipinski definition) is 2. The van der Waals surface area contributed by atoms with Crippen LogP contribution in [0.5, 0.6) is 11.5 Å². The van der Waals surface area contributed by atoms with Gasteiger partial charge in [-0.25, -0.2) is 4.79 Å². The van der Waals surface area contributed by atoms with Crippen LogP contribution in [0.1, 0.15) is 48.7 Å². The van der Waals surface area contributed by atoms with Crippen LogP contribution in [0.3, 0.4) is 0 Å². The van der Waals surface area contributed by atoms with Gasteiger partial charge in [-0.2, -0.15) is 0 Å². The smallest absolute Gasteiger partial charge is 0.335 e. The zero-order valence-electron chi connectivity index (χ0n) is 16.2. The summed E-state index contributed by atoms with van der Waals surface area (Å²) >= 11 is 0. The first-order chi connectivity index (χ1) is 13.5. The van der Waals surface area contributed by atoms with E-state index in [0.29, 0.717) is 42.6 Å². The lowest BCUT2D eigenvalue weighted by molar-refractivity contribution is 0.0411. The number of carbonyl (C=O) groups is 1. The van der Waals surface area contributed by atoms with Gasteiger partial charge < -0.3 is 19.3 Å². The van der Waals surface area contributed by atoms with Crippen molar-refractivity contribution in [2.75, 3.05) is 13.2 Å². The molecule has 1 heterocycles. The highest BCUT2D eigenvalue weighted by molar-refractivity contribution is 5.96. The van der Waals surface area contributed by atoms with Gasteiger partial charge in [0, 0.05) is 17.5 Å². The molecule has 0 bridgehead atoms. The summed E-state index contributed by atoms with van der Waals surface area (Å²) in [5.74, 6) is 0.706. The Balaban J connectivity index is 1.90. The van der Waals surface area contributed by atoms with Crippen LogP contribution in [0, 0.1) is 0 Å². The Morgan fingerprint density at radius 2 is 1.86 bits per heavy atom. The van der Waals surface area contributed by atoms with E-state index in [0.717, 1.165) is 5.56 Å². The Hall–Kier alpha value is -3.22. The number of hydrazone groups is 1. The molecule has 0 radical (unpaired) electrons. The van der Waals surface area contributed by atoms with Crippen molar-refractivity contribution in [3.63, 3.8) is 0 Å². The number of ether oxygens (including phenoxy) is 3. The molecule has 7 nitrogen and oxygen atoms in total. The molecular formula is C21H24N2O5. The number of nitrogens with zero attached hydrogens (tertiary/aromatic N) is 1. The Labute approximate surface area is 163 Å². The van der Waals surface area contributed by atoms with E-state index in [1.807, 2.05) is 45.0 Å². The Morgan fingerprint density at radius 1 is 1.11 bits per heavy atom. The second-order valence-corrected chi connectivity index (χ2v) is 6.22. The molecule has 2 aromatic carbocycles. The first kappa shape index (κ1) is 19.5. The molecule has 0 saturated heterocycles. The summed E-state index contributed by atoms with van der Waals surface area (Å²) in [7, 11) is 0. The number of carboxylic acids is 1. The average molecular weight is 384 g/mol. The third-order valence-electron chi connectivity index (χ3n) is 4.47. The minimum atomic E-state index is -0.986. The molecule has 1 atom stereocenters. The second kappa shape index (κ2) is 8.21. The number of rotatable bonds is 8. The molecule has 1 aliphatic heterocycles. The van der Waals surface area contributed by atoms with Gasteiger partial charge in [0.25, 0.3) is 0 Å². The molecule has 1 aliphatic rings. The van der Waals surface area contributed by atoms with E-state index in [-0.39, 0.29) is 5.56 Å². The summed E-state index contributed by atoms with van der Waals surface area (Å²) in [6.07, 6.45) is 0.554. The van der Waals surface area contributed by atoms with Crippen molar-refractivity contribution in [3.8, 4) is 11.5 Å². The van der Waals surface area contributed by atoms with Crippen molar-refractivity contribution in [1.29, 1.82) is 0 Å². The fraction of sp³-hybridized carbons (Fsp3) is 0.333. The maximum absolute atomic E-state index is 11.3. The van der Waals surface area contributed by atoms with Crippen molar-refractivity contribution < 1.29 is 24.1 Å². The standard InChI is InChI=1S/C21H24N2O5/c1-4-21(16-9-7-8-15(12-16)20(24)25)23-22-19(28-21)14-10-11-17(26-5-2)18(13-14)27-6-3/h7-13,23H,4-6H2,1-3H3,(H,24,25). The monoisotopic (exact) mass is 384 g/mol. The normalized spacial score (nSPS) is 18.0. The molecular weight excluding hydrogens is 360 g/mol. The molecule has 0 aromatic heterocycles. The van der Waals surface area contributed by atoms with Crippen LogP contribution in [0.4, 0.5) is 0 Å². The van der Waals surface area contributed by atoms with Crippen LogP contribution in [0.15, 0.2) is 47.6 Å². The van der Waals surface area contributed by atoms with Crippen molar-refractivity contribution in [2.45, 2.75) is 32.9 Å². The second-order valence-electron chi connectivity index (χ2n) is 6.22. The lowest BCUT2D eigenvalue weighted by Crippen LogP contribution is -2.37. The molecule has 2 aromatic rings. The highest BCUT2D eigenvalue weighted by Crippen LogP contribution is 2.34. The van der Waals surface area contributed by atoms with Gasteiger partial charge >= 0.3 is 5.97 Å². The summed E-state index contributed by atoms with van der Waals surface area (Å²) < 4.78 is 17.5. The SMILES string of the molecule is CCOc1ccc(C2=NNC(CC)(c3cccc(C(=O)O)c3)O2)cc1OCC. The Kier molecular flexibility index (Phi) is 5.73.